The Bertz CT molecular complexity index is 884. The predicted molar refractivity (Wildman–Crippen MR) is 95.6 cm³/mol. The molecule has 0 radical (unpaired) electrons. The summed E-state index contributed by atoms with van der Waals surface area (Å²) in [5.74, 6) is 0.0319. The van der Waals surface area contributed by atoms with Crippen molar-refractivity contribution in [3.8, 4) is 5.75 Å². The molecule has 2 aromatic rings. The summed E-state index contributed by atoms with van der Waals surface area (Å²) in [7, 11) is -2.74. The number of rotatable bonds is 5. The average Bonchev–Trinajstić information content (AvgIpc) is 2.53. The third kappa shape index (κ3) is 4.27. The third-order valence-electron chi connectivity index (χ3n) is 3.65. The van der Waals surface area contributed by atoms with Crippen molar-refractivity contribution < 1.29 is 18.1 Å². The summed E-state index contributed by atoms with van der Waals surface area (Å²) >= 11 is 0. The zero-order valence-electron chi connectivity index (χ0n) is 14.4. The van der Waals surface area contributed by atoms with Gasteiger partial charge < -0.3 is 4.74 Å². The van der Waals surface area contributed by atoms with Gasteiger partial charge in [-0.15, -0.1) is 0 Å². The minimum Gasteiger partial charge on any atom is -0.495 e. The maximum absolute atomic E-state index is 12.6. The van der Waals surface area contributed by atoms with Crippen LogP contribution in [-0.2, 0) is 15.4 Å². The predicted octanol–water partition coefficient (Wildman–Crippen LogP) is 3.70. The minimum absolute atomic E-state index is 0.0319. The van der Waals surface area contributed by atoms with Crippen molar-refractivity contribution in [1.29, 1.82) is 0 Å². The lowest BCUT2D eigenvalue weighted by Gasteiger charge is -2.19. The second-order valence-electron chi connectivity index (χ2n) is 6.53. The maximum Gasteiger partial charge on any atom is 0.271 e. The van der Waals surface area contributed by atoms with E-state index in [9.17, 15) is 18.5 Å². The highest BCUT2D eigenvalue weighted by atomic mass is 32.2. The van der Waals surface area contributed by atoms with Crippen LogP contribution >= 0.6 is 0 Å². The zero-order valence-corrected chi connectivity index (χ0v) is 15.3. The fraction of sp³-hybridized carbons (Fsp3) is 0.294. The van der Waals surface area contributed by atoms with Crippen molar-refractivity contribution in [2.45, 2.75) is 31.1 Å². The largest absolute Gasteiger partial charge is 0.495 e. The van der Waals surface area contributed by atoms with E-state index in [0.29, 0.717) is 5.69 Å². The molecule has 0 aliphatic heterocycles. The zero-order chi connectivity index (χ0) is 18.8. The van der Waals surface area contributed by atoms with Crippen LogP contribution in [0.25, 0.3) is 0 Å². The first-order chi connectivity index (χ1) is 11.5. The summed E-state index contributed by atoms with van der Waals surface area (Å²) in [6.45, 7) is 6.17. The molecule has 0 atom stereocenters. The standard InChI is InChI=1S/C17H20N2O5S/c1-17(2,3)12-5-7-13(8-6-12)18-25(22,23)16-11-14(19(20)21)9-10-15(16)24-4/h5-11,18H,1-4H3. The van der Waals surface area contributed by atoms with E-state index in [1.54, 1.807) is 12.1 Å². The van der Waals surface area contributed by atoms with Gasteiger partial charge in [-0.05, 0) is 29.2 Å². The Kier molecular flexibility index (Phi) is 5.03. The monoisotopic (exact) mass is 364 g/mol. The summed E-state index contributed by atoms with van der Waals surface area (Å²) in [5, 5.41) is 10.9. The van der Waals surface area contributed by atoms with Crippen LogP contribution < -0.4 is 9.46 Å². The summed E-state index contributed by atoms with van der Waals surface area (Å²) < 4.78 is 32.7. The lowest BCUT2D eigenvalue weighted by atomic mass is 9.87. The molecule has 2 aromatic carbocycles. The molecule has 8 heteroatoms. The highest BCUT2D eigenvalue weighted by Gasteiger charge is 2.23. The van der Waals surface area contributed by atoms with Gasteiger partial charge in [-0.25, -0.2) is 8.42 Å². The van der Waals surface area contributed by atoms with Gasteiger partial charge in [0.2, 0.25) is 0 Å². The van der Waals surface area contributed by atoms with Crippen LogP contribution in [0.15, 0.2) is 47.4 Å². The topological polar surface area (TPSA) is 98.5 Å². The van der Waals surface area contributed by atoms with E-state index in [4.69, 9.17) is 4.74 Å². The van der Waals surface area contributed by atoms with Gasteiger partial charge in [0.15, 0.2) is 0 Å². The highest BCUT2D eigenvalue weighted by molar-refractivity contribution is 7.92. The highest BCUT2D eigenvalue weighted by Crippen LogP contribution is 2.30. The number of nitro benzene ring substituents is 1. The Morgan fingerprint density at radius 3 is 2.16 bits per heavy atom. The molecule has 0 spiro atoms. The maximum atomic E-state index is 12.6. The number of methoxy groups -OCH3 is 1. The van der Waals surface area contributed by atoms with Crippen molar-refractivity contribution in [3.63, 3.8) is 0 Å². The number of nitro groups is 1. The Morgan fingerprint density at radius 1 is 1.08 bits per heavy atom. The lowest BCUT2D eigenvalue weighted by Crippen LogP contribution is -2.15. The number of anilines is 1. The van der Waals surface area contributed by atoms with Crippen LogP contribution in [0.4, 0.5) is 11.4 Å². The van der Waals surface area contributed by atoms with E-state index >= 15 is 0 Å². The molecule has 0 aliphatic rings. The molecule has 7 nitrogen and oxygen atoms in total. The number of hydrogen-bond donors (Lipinski definition) is 1. The molecule has 0 fully saturated rings. The quantitative estimate of drug-likeness (QED) is 0.644. The van der Waals surface area contributed by atoms with Gasteiger partial charge in [-0.2, -0.15) is 0 Å². The first kappa shape index (κ1) is 18.7. The van der Waals surface area contributed by atoms with Crippen LogP contribution in [0.3, 0.4) is 0 Å². The first-order valence-electron chi connectivity index (χ1n) is 7.50. The summed E-state index contributed by atoms with van der Waals surface area (Å²) in [5.41, 5.74) is 1.04. The van der Waals surface area contributed by atoms with Crippen LogP contribution in [0, 0.1) is 10.1 Å². The molecule has 0 aliphatic carbocycles. The van der Waals surface area contributed by atoms with Crippen molar-refractivity contribution in [2.75, 3.05) is 11.8 Å². The molecule has 0 bridgehead atoms. The lowest BCUT2D eigenvalue weighted by molar-refractivity contribution is -0.385. The van der Waals surface area contributed by atoms with Crippen LogP contribution in [0.2, 0.25) is 0 Å². The van der Waals surface area contributed by atoms with Crippen molar-refractivity contribution in [3.05, 3.63) is 58.1 Å². The number of non-ortho nitro benzene ring substituents is 1. The van der Waals surface area contributed by atoms with E-state index < -0.39 is 14.9 Å². The van der Waals surface area contributed by atoms with Gasteiger partial charge >= 0.3 is 0 Å². The SMILES string of the molecule is COc1ccc([N+](=O)[O-])cc1S(=O)(=O)Nc1ccc(C(C)(C)C)cc1. The molecule has 1 N–H and O–H groups in total. The molecule has 0 amide bonds. The number of sulfonamides is 1. The molecule has 0 saturated carbocycles. The second kappa shape index (κ2) is 6.72. The molecule has 0 saturated heterocycles. The fourth-order valence-electron chi connectivity index (χ4n) is 2.24. The Labute approximate surface area is 146 Å². The molecule has 134 valence electrons. The van der Waals surface area contributed by atoms with Crippen LogP contribution in [0.5, 0.6) is 5.75 Å². The molecule has 0 unspecified atom stereocenters. The Morgan fingerprint density at radius 2 is 1.68 bits per heavy atom. The van der Waals surface area contributed by atoms with E-state index in [1.165, 1.54) is 19.2 Å². The number of benzene rings is 2. The number of ether oxygens (including phenoxy) is 1. The molecule has 2 rings (SSSR count). The van der Waals surface area contributed by atoms with Gasteiger partial charge in [0.1, 0.15) is 10.6 Å². The van der Waals surface area contributed by atoms with Crippen molar-refractivity contribution >= 4 is 21.4 Å². The van der Waals surface area contributed by atoms with Crippen molar-refractivity contribution in [2.24, 2.45) is 0 Å². The first-order valence-corrected chi connectivity index (χ1v) is 8.99. The van der Waals surface area contributed by atoms with Gasteiger partial charge in [0, 0.05) is 17.8 Å². The third-order valence-corrected chi connectivity index (χ3v) is 5.05. The smallest absolute Gasteiger partial charge is 0.271 e. The van der Waals surface area contributed by atoms with Crippen LogP contribution in [-0.4, -0.2) is 20.5 Å². The van der Waals surface area contributed by atoms with Gasteiger partial charge in [-0.3, -0.25) is 14.8 Å². The Balaban J connectivity index is 2.39. The summed E-state index contributed by atoms with van der Waals surface area (Å²) in [6, 6.07) is 10.4. The number of nitrogens with zero attached hydrogens (tertiary/aromatic N) is 1. The van der Waals surface area contributed by atoms with Gasteiger partial charge in [0.05, 0.1) is 12.0 Å². The van der Waals surface area contributed by atoms with Crippen molar-refractivity contribution in [1.82, 2.24) is 0 Å². The van der Waals surface area contributed by atoms with E-state index in [2.05, 4.69) is 25.5 Å². The number of hydrogen-bond acceptors (Lipinski definition) is 5. The molecule has 25 heavy (non-hydrogen) atoms. The normalized spacial score (nSPS) is 11.8. The average molecular weight is 364 g/mol. The fourth-order valence-corrected chi connectivity index (χ4v) is 3.49. The second-order valence-corrected chi connectivity index (χ2v) is 8.18. The van der Waals surface area contributed by atoms with Crippen LogP contribution in [0.1, 0.15) is 26.3 Å². The summed E-state index contributed by atoms with van der Waals surface area (Å²) in [6.07, 6.45) is 0. The van der Waals surface area contributed by atoms with E-state index in [-0.39, 0.29) is 21.7 Å². The van der Waals surface area contributed by atoms with E-state index in [1.807, 2.05) is 12.1 Å². The van der Waals surface area contributed by atoms with Gasteiger partial charge in [-0.1, -0.05) is 32.9 Å². The molecular formula is C17H20N2O5S. The molecular weight excluding hydrogens is 344 g/mol. The minimum atomic E-state index is -4.04. The molecule has 0 heterocycles. The number of nitrogens with one attached hydrogen (secondary N) is 1. The van der Waals surface area contributed by atoms with Gasteiger partial charge in [0.25, 0.3) is 15.7 Å². The molecule has 0 aromatic heterocycles. The summed E-state index contributed by atoms with van der Waals surface area (Å²) in [4.78, 5) is 9.97. The van der Waals surface area contributed by atoms with E-state index in [0.717, 1.165) is 11.6 Å². The Hall–Kier alpha value is -2.61.